The summed E-state index contributed by atoms with van der Waals surface area (Å²) in [5, 5.41) is 8.70. The maximum atomic E-state index is 11.5. The molecular formula is C12H18O9. The van der Waals surface area contributed by atoms with Crippen molar-refractivity contribution in [2.45, 2.75) is 38.6 Å². The van der Waals surface area contributed by atoms with Gasteiger partial charge in [0.25, 0.3) is 0 Å². The van der Waals surface area contributed by atoms with E-state index in [9.17, 15) is 19.2 Å². The number of carbonyl (C=O) groups excluding carboxylic acids is 3. The zero-order valence-electron chi connectivity index (χ0n) is 12.2. The van der Waals surface area contributed by atoms with Crippen LogP contribution in [-0.4, -0.2) is 61.5 Å². The van der Waals surface area contributed by atoms with Crippen molar-refractivity contribution < 1.29 is 43.2 Å². The monoisotopic (exact) mass is 306 g/mol. The molecule has 1 N–H and O–H groups in total. The Balaban J connectivity index is 4.37. The van der Waals surface area contributed by atoms with Crippen molar-refractivity contribution in [1.82, 2.24) is 0 Å². The average Bonchev–Trinajstić information content (AvgIpc) is 2.42. The zero-order valence-corrected chi connectivity index (χ0v) is 12.2. The molecule has 0 fully saturated rings. The Morgan fingerprint density at radius 3 is 1.90 bits per heavy atom. The molecule has 0 aliphatic heterocycles. The lowest BCUT2D eigenvalue weighted by Crippen LogP contribution is -2.34. The number of carbonyl (C=O) groups is 4. The molecule has 0 heterocycles. The summed E-state index contributed by atoms with van der Waals surface area (Å²) in [6.07, 6.45) is -4.37. The molecule has 0 saturated heterocycles. The van der Waals surface area contributed by atoms with Crippen molar-refractivity contribution in [2.75, 3.05) is 14.2 Å². The lowest BCUT2D eigenvalue weighted by Gasteiger charge is -2.16. The molecule has 0 aromatic carbocycles. The van der Waals surface area contributed by atoms with Gasteiger partial charge in [0, 0.05) is 7.11 Å². The fourth-order valence-electron chi connectivity index (χ4n) is 1.20. The summed E-state index contributed by atoms with van der Waals surface area (Å²) >= 11 is 0. The minimum Gasteiger partial charge on any atom is -0.479 e. The number of rotatable bonds is 8. The molecule has 9 nitrogen and oxygen atoms in total. The minimum atomic E-state index is -1.37. The van der Waals surface area contributed by atoms with Crippen LogP contribution in [0.15, 0.2) is 0 Å². The van der Waals surface area contributed by atoms with Gasteiger partial charge in [-0.25, -0.2) is 14.4 Å². The highest BCUT2D eigenvalue weighted by molar-refractivity contribution is 5.84. The molecule has 0 aliphatic rings. The van der Waals surface area contributed by atoms with E-state index >= 15 is 0 Å². The number of aliphatic carboxylic acids is 1. The summed E-state index contributed by atoms with van der Waals surface area (Å²) in [4.78, 5) is 44.7. The first-order valence-corrected chi connectivity index (χ1v) is 5.96. The number of hydrogen-bond acceptors (Lipinski definition) is 8. The van der Waals surface area contributed by atoms with Gasteiger partial charge in [-0.2, -0.15) is 0 Å². The molecule has 9 heteroatoms. The minimum absolute atomic E-state index is 0.560. The molecule has 0 rings (SSSR count). The van der Waals surface area contributed by atoms with Gasteiger partial charge in [0.1, 0.15) is 0 Å². The van der Waals surface area contributed by atoms with E-state index in [4.69, 9.17) is 14.6 Å². The van der Waals surface area contributed by atoms with Crippen LogP contribution < -0.4 is 0 Å². The van der Waals surface area contributed by atoms with E-state index in [2.05, 4.69) is 9.47 Å². The average molecular weight is 306 g/mol. The quantitative estimate of drug-likeness (QED) is 0.467. The largest absolute Gasteiger partial charge is 0.479 e. The molecule has 0 bridgehead atoms. The van der Waals surface area contributed by atoms with E-state index < -0.39 is 48.6 Å². The standard InChI is InChI=1S/C12H18O9/c1-6(11(16)19-4)21-12(17)7(2)20-9(13)5-8(18-3)10(14)15/h6-8H,5H2,1-4H3,(H,14,15). The van der Waals surface area contributed by atoms with Crippen LogP contribution in [0.1, 0.15) is 20.3 Å². The lowest BCUT2D eigenvalue weighted by molar-refractivity contribution is -0.177. The highest BCUT2D eigenvalue weighted by Gasteiger charge is 2.27. The third kappa shape index (κ3) is 6.70. The molecule has 0 spiro atoms. The van der Waals surface area contributed by atoms with Crippen LogP contribution in [0.3, 0.4) is 0 Å². The van der Waals surface area contributed by atoms with Crippen LogP contribution in [0.2, 0.25) is 0 Å². The van der Waals surface area contributed by atoms with Crippen molar-refractivity contribution in [3.8, 4) is 0 Å². The van der Waals surface area contributed by atoms with Crippen molar-refractivity contribution in [1.29, 1.82) is 0 Å². The van der Waals surface area contributed by atoms with Gasteiger partial charge in [-0.05, 0) is 13.8 Å². The summed E-state index contributed by atoms with van der Waals surface area (Å²) in [7, 11) is 2.26. The number of carboxylic acids is 1. The van der Waals surface area contributed by atoms with Crippen LogP contribution in [0.25, 0.3) is 0 Å². The number of methoxy groups -OCH3 is 2. The molecule has 0 radical (unpaired) electrons. The fourth-order valence-corrected chi connectivity index (χ4v) is 1.20. The second-order valence-electron chi connectivity index (χ2n) is 4.00. The number of hydrogen-bond donors (Lipinski definition) is 1. The Labute approximate surface area is 121 Å². The van der Waals surface area contributed by atoms with Gasteiger partial charge in [0.05, 0.1) is 13.5 Å². The highest BCUT2D eigenvalue weighted by Crippen LogP contribution is 2.05. The van der Waals surface area contributed by atoms with E-state index in [0.29, 0.717) is 0 Å². The first kappa shape index (κ1) is 18.8. The van der Waals surface area contributed by atoms with Crippen LogP contribution in [0, 0.1) is 0 Å². The Morgan fingerprint density at radius 2 is 1.48 bits per heavy atom. The first-order chi connectivity index (χ1) is 9.72. The predicted molar refractivity (Wildman–Crippen MR) is 66.2 cm³/mol. The second-order valence-corrected chi connectivity index (χ2v) is 4.00. The number of carboxylic acid groups (broad SMARTS) is 1. The Hall–Kier alpha value is -2.16. The van der Waals surface area contributed by atoms with Crippen LogP contribution >= 0.6 is 0 Å². The molecule has 120 valence electrons. The zero-order chi connectivity index (χ0) is 16.6. The van der Waals surface area contributed by atoms with Crippen molar-refractivity contribution >= 4 is 23.9 Å². The van der Waals surface area contributed by atoms with Crippen LogP contribution in [0.5, 0.6) is 0 Å². The molecule has 21 heavy (non-hydrogen) atoms. The summed E-state index contributed by atoms with van der Waals surface area (Å²) in [6.45, 7) is 2.52. The first-order valence-electron chi connectivity index (χ1n) is 5.96. The van der Waals surface area contributed by atoms with E-state index in [1.54, 1.807) is 0 Å². The molecule has 0 amide bonds. The van der Waals surface area contributed by atoms with Gasteiger partial charge < -0.3 is 24.1 Å². The normalized spacial score (nSPS) is 14.5. The molecule has 3 atom stereocenters. The topological polar surface area (TPSA) is 125 Å². The SMILES string of the molecule is COC(=O)C(C)OC(=O)C(C)OC(=O)CC(OC)C(=O)O. The summed E-state index contributed by atoms with van der Waals surface area (Å²) in [5.74, 6) is -3.99. The molecule has 0 aliphatic carbocycles. The van der Waals surface area contributed by atoms with Gasteiger partial charge in [0.2, 0.25) is 0 Å². The maximum absolute atomic E-state index is 11.5. The Kier molecular flexibility index (Phi) is 7.99. The summed E-state index contributed by atoms with van der Waals surface area (Å²) < 4.78 is 18.3. The lowest BCUT2D eigenvalue weighted by atomic mass is 10.2. The highest BCUT2D eigenvalue weighted by atomic mass is 16.6. The van der Waals surface area contributed by atoms with Gasteiger partial charge >= 0.3 is 23.9 Å². The number of esters is 3. The maximum Gasteiger partial charge on any atom is 0.347 e. The van der Waals surface area contributed by atoms with E-state index in [1.807, 2.05) is 0 Å². The molecular weight excluding hydrogens is 288 g/mol. The van der Waals surface area contributed by atoms with Gasteiger partial charge in [-0.3, -0.25) is 4.79 Å². The van der Waals surface area contributed by atoms with E-state index in [1.165, 1.54) is 13.8 Å². The van der Waals surface area contributed by atoms with Crippen molar-refractivity contribution in [3.63, 3.8) is 0 Å². The van der Waals surface area contributed by atoms with E-state index in [-0.39, 0.29) is 0 Å². The summed E-state index contributed by atoms with van der Waals surface area (Å²) in [5.41, 5.74) is 0. The summed E-state index contributed by atoms with van der Waals surface area (Å²) in [6, 6.07) is 0. The smallest absolute Gasteiger partial charge is 0.347 e. The van der Waals surface area contributed by atoms with Gasteiger partial charge in [-0.1, -0.05) is 0 Å². The molecule has 0 aromatic rings. The van der Waals surface area contributed by atoms with E-state index in [0.717, 1.165) is 14.2 Å². The molecule has 3 unspecified atom stereocenters. The fraction of sp³-hybridized carbons (Fsp3) is 0.667. The predicted octanol–water partition coefficient (Wildman–Crippen LogP) is -0.487. The Morgan fingerprint density at radius 1 is 0.952 bits per heavy atom. The number of ether oxygens (including phenoxy) is 4. The molecule has 0 saturated carbocycles. The van der Waals surface area contributed by atoms with Gasteiger partial charge in [-0.15, -0.1) is 0 Å². The Bertz CT molecular complexity index is 404. The van der Waals surface area contributed by atoms with Crippen LogP contribution in [-0.2, 0) is 38.1 Å². The van der Waals surface area contributed by atoms with Gasteiger partial charge in [0.15, 0.2) is 18.3 Å². The molecule has 0 aromatic heterocycles. The third-order valence-corrected chi connectivity index (χ3v) is 2.38. The van der Waals surface area contributed by atoms with Crippen molar-refractivity contribution in [2.24, 2.45) is 0 Å². The van der Waals surface area contributed by atoms with Crippen LogP contribution in [0.4, 0.5) is 0 Å². The second kappa shape index (κ2) is 8.90. The van der Waals surface area contributed by atoms with Crippen molar-refractivity contribution in [3.05, 3.63) is 0 Å². The third-order valence-electron chi connectivity index (χ3n) is 2.38.